The molecule has 0 atom stereocenters. The maximum absolute atomic E-state index is 9.98. The van der Waals surface area contributed by atoms with E-state index >= 15 is 0 Å². The van der Waals surface area contributed by atoms with Gasteiger partial charge >= 0.3 is 0 Å². The van der Waals surface area contributed by atoms with Crippen molar-refractivity contribution in [2.24, 2.45) is 0 Å². The third-order valence-corrected chi connectivity index (χ3v) is 1.17. The van der Waals surface area contributed by atoms with Crippen molar-refractivity contribution in [1.29, 1.82) is 0 Å². The van der Waals surface area contributed by atoms with E-state index in [9.17, 15) is 4.79 Å². The lowest BCUT2D eigenvalue weighted by Crippen LogP contribution is -1.71. The maximum Gasteiger partial charge on any atom is 0.120 e. The van der Waals surface area contributed by atoms with Crippen LogP contribution in [-0.2, 0) is 4.79 Å². The summed E-state index contributed by atoms with van der Waals surface area (Å²) in [7, 11) is 0. The molecule has 0 bridgehead atoms. The minimum absolute atomic E-state index is 0.315. The minimum atomic E-state index is 0.315. The van der Waals surface area contributed by atoms with Gasteiger partial charge in [0.2, 0.25) is 0 Å². The van der Waals surface area contributed by atoms with Crippen LogP contribution in [-0.4, -0.2) is 6.29 Å². The number of hydrogen-bond acceptors (Lipinski definition) is 1. The summed E-state index contributed by atoms with van der Waals surface area (Å²) in [5.74, 6) is 0. The highest BCUT2D eigenvalue weighted by Gasteiger charge is 1.78. The Morgan fingerprint density at radius 3 is 2.60 bits per heavy atom. The fraction of sp³-hybridized carbons (Fsp3) is 0.667. The van der Waals surface area contributed by atoms with E-state index in [-0.39, 0.29) is 0 Å². The van der Waals surface area contributed by atoms with E-state index < -0.39 is 0 Å². The van der Waals surface area contributed by atoms with Crippen LogP contribution < -0.4 is 0 Å². The molecular weight excluding hydrogens is 124 g/mol. The molecule has 0 fully saturated rings. The lowest BCUT2D eigenvalue weighted by molar-refractivity contribution is -0.107. The maximum atomic E-state index is 9.98. The highest BCUT2D eigenvalue weighted by Crippen LogP contribution is 1.96. The molecule has 0 aliphatic rings. The van der Waals surface area contributed by atoms with Gasteiger partial charge in [-0.1, -0.05) is 31.9 Å². The monoisotopic (exact) mass is 142 g/mol. The fourth-order valence-corrected chi connectivity index (χ4v) is 0.573. The quantitative estimate of drug-likeness (QED) is 0.411. The predicted molar refractivity (Wildman–Crippen MR) is 44.0 cm³/mol. The molecule has 0 rings (SSSR count). The molecule has 58 valence electrons. The number of carbonyl (C=O) groups is 1. The van der Waals surface area contributed by atoms with Crippen LogP contribution in [0.15, 0.2) is 12.1 Å². The first-order valence-corrected chi connectivity index (χ1v) is 3.81. The summed E-state index contributed by atoms with van der Waals surface area (Å²) in [6.45, 7) is 2.06. The Bertz CT molecular complexity index is 164. The Kier molecular flexibility index (Phi) is 5.17. The van der Waals surface area contributed by atoms with E-state index in [0.717, 1.165) is 19.1 Å². The molecule has 0 aliphatic carbocycles. The molecule has 0 aromatic heterocycles. The average Bonchev–Trinajstić information content (AvgIpc) is 2.10. The van der Waals surface area contributed by atoms with E-state index in [1.54, 1.807) is 0 Å². The van der Waals surface area contributed by atoms with Crippen LogP contribution in [0, 0.1) is 0 Å². The van der Waals surface area contributed by atoms with Gasteiger partial charge in [0.1, 0.15) is 6.29 Å². The Labute approximate surface area is 65.9 Å². The molecule has 10 heavy (non-hydrogen) atoms. The van der Waals surface area contributed by atoms with Gasteiger partial charge in [0, 0.05) is 6.42 Å². The lowest BCUT2D eigenvalue weighted by Gasteiger charge is -1.87. The van der Waals surface area contributed by atoms with E-state index in [2.05, 4.69) is 6.92 Å². The van der Waals surface area contributed by atoms with Gasteiger partial charge in [-0.15, -0.1) is 0 Å². The van der Waals surface area contributed by atoms with Crippen LogP contribution in [0.3, 0.4) is 0 Å². The highest BCUT2D eigenvalue weighted by atomic mass is 16.1. The number of allylic oxidation sites excluding steroid dienone is 2. The zero-order valence-corrected chi connectivity index (χ0v) is 6.52. The summed E-state index contributed by atoms with van der Waals surface area (Å²) in [6, 6.07) is 0.703. The Morgan fingerprint density at radius 2 is 2.00 bits per heavy atom. The summed E-state index contributed by atoms with van der Waals surface area (Å²) in [4.78, 5) is 9.98. The Balaban J connectivity index is 3.79. The van der Waals surface area contributed by atoms with Crippen LogP contribution >= 0.6 is 0 Å². The largest absolute Gasteiger partial charge is 0.303 e. The Hall–Kier alpha value is -0.590. The molecule has 0 spiro atoms. The molecule has 0 amide bonds. The standard InChI is InChI=1S/C9H16O/c1-2-3-4-5-6-7-8-9-10/h5-6,9H,2-4,7-8H2,1H3/b6-5-/i5D,6D. The second kappa shape index (κ2) is 8.41. The second-order valence-corrected chi connectivity index (χ2v) is 2.16. The van der Waals surface area contributed by atoms with Crippen LogP contribution in [0.2, 0.25) is 0 Å². The molecule has 0 saturated heterocycles. The molecule has 0 aromatic rings. The van der Waals surface area contributed by atoms with E-state index in [1.807, 2.05) is 0 Å². The van der Waals surface area contributed by atoms with Gasteiger partial charge in [-0.2, -0.15) is 0 Å². The van der Waals surface area contributed by atoms with Crippen LogP contribution in [0.4, 0.5) is 0 Å². The second-order valence-electron chi connectivity index (χ2n) is 2.16. The number of aldehydes is 1. The number of unbranched alkanes of at least 4 members (excludes halogenated alkanes) is 1. The van der Waals surface area contributed by atoms with Crippen LogP contribution in [0.5, 0.6) is 0 Å². The fourth-order valence-electron chi connectivity index (χ4n) is 0.573. The van der Waals surface area contributed by atoms with Gasteiger partial charge in [-0.3, -0.25) is 0 Å². The molecule has 0 saturated carbocycles. The topological polar surface area (TPSA) is 17.1 Å². The molecular formula is C9H16O. The molecule has 0 unspecified atom stereocenters. The van der Waals surface area contributed by atoms with Crippen molar-refractivity contribution < 1.29 is 7.54 Å². The van der Waals surface area contributed by atoms with E-state index in [0.29, 0.717) is 31.4 Å². The van der Waals surface area contributed by atoms with E-state index in [1.165, 1.54) is 0 Å². The van der Waals surface area contributed by atoms with Gasteiger partial charge in [0.25, 0.3) is 0 Å². The number of rotatable bonds is 6. The van der Waals surface area contributed by atoms with Crippen molar-refractivity contribution in [3.8, 4) is 0 Å². The summed E-state index contributed by atoms with van der Waals surface area (Å²) in [5.41, 5.74) is 0. The molecule has 0 heterocycles. The summed E-state index contributed by atoms with van der Waals surface area (Å²) in [5, 5.41) is 0. The van der Waals surface area contributed by atoms with Crippen molar-refractivity contribution in [2.45, 2.75) is 39.0 Å². The predicted octanol–water partition coefficient (Wildman–Crippen LogP) is 2.71. The first kappa shape index (κ1) is 6.14. The van der Waals surface area contributed by atoms with Gasteiger partial charge in [0.15, 0.2) is 0 Å². The Morgan fingerprint density at radius 1 is 1.30 bits per heavy atom. The normalized spacial score (nSPS) is 15.3. The minimum Gasteiger partial charge on any atom is -0.303 e. The van der Waals surface area contributed by atoms with Gasteiger partial charge in [-0.05, 0) is 12.8 Å². The zero-order valence-electron chi connectivity index (χ0n) is 8.52. The first-order chi connectivity index (χ1) is 5.72. The van der Waals surface area contributed by atoms with Crippen molar-refractivity contribution in [2.75, 3.05) is 0 Å². The van der Waals surface area contributed by atoms with Gasteiger partial charge in [0.05, 0.1) is 2.74 Å². The van der Waals surface area contributed by atoms with Crippen LogP contribution in [0.1, 0.15) is 41.8 Å². The van der Waals surface area contributed by atoms with Gasteiger partial charge < -0.3 is 4.79 Å². The van der Waals surface area contributed by atoms with Crippen LogP contribution in [0.25, 0.3) is 0 Å². The summed E-state index contributed by atoms with van der Waals surface area (Å²) in [6.07, 6.45) is 4.26. The number of hydrogen-bond donors (Lipinski definition) is 0. The zero-order chi connectivity index (χ0) is 9.40. The SMILES string of the molecule is [2H]/C(CCC=O)=C(\[2H])CCCC. The molecule has 0 radical (unpaired) electrons. The van der Waals surface area contributed by atoms with Crippen molar-refractivity contribution in [1.82, 2.24) is 0 Å². The molecule has 1 heteroatoms. The smallest absolute Gasteiger partial charge is 0.120 e. The lowest BCUT2D eigenvalue weighted by atomic mass is 10.2. The van der Waals surface area contributed by atoms with Crippen molar-refractivity contribution >= 4 is 6.29 Å². The third kappa shape index (κ3) is 7.41. The van der Waals surface area contributed by atoms with E-state index in [4.69, 9.17) is 2.74 Å². The first-order valence-electron chi connectivity index (χ1n) is 4.81. The molecule has 1 nitrogen and oxygen atoms in total. The summed E-state index contributed by atoms with van der Waals surface area (Å²) >= 11 is 0. The van der Waals surface area contributed by atoms with Crippen molar-refractivity contribution in [3.05, 3.63) is 12.1 Å². The average molecular weight is 142 g/mol. The molecule has 0 aromatic carbocycles. The third-order valence-electron chi connectivity index (χ3n) is 1.17. The highest BCUT2D eigenvalue weighted by molar-refractivity contribution is 5.49. The molecule has 0 N–H and O–H groups in total. The molecule has 0 aliphatic heterocycles. The summed E-state index contributed by atoms with van der Waals surface area (Å²) < 4.78 is 14.8. The van der Waals surface area contributed by atoms with Crippen molar-refractivity contribution in [3.63, 3.8) is 0 Å². The number of carbonyl (C=O) groups excluding carboxylic acids is 1. The van der Waals surface area contributed by atoms with Gasteiger partial charge in [-0.25, -0.2) is 0 Å².